The van der Waals surface area contributed by atoms with E-state index in [-0.39, 0.29) is 11.6 Å². The van der Waals surface area contributed by atoms with Crippen molar-refractivity contribution in [2.45, 2.75) is 19.4 Å². The van der Waals surface area contributed by atoms with Gasteiger partial charge in [-0.25, -0.2) is 4.39 Å². The minimum absolute atomic E-state index is 0.0814. The fourth-order valence-corrected chi connectivity index (χ4v) is 1.99. The first kappa shape index (κ1) is 15.6. The SMILES string of the molecule is CNC(=O)c1ccc(CC(CN)N(C)C)c(C)c1F. The molecule has 0 radical (unpaired) electrons. The normalized spacial score (nSPS) is 12.6. The first-order valence-electron chi connectivity index (χ1n) is 6.28. The third kappa shape index (κ3) is 3.52. The lowest BCUT2D eigenvalue weighted by molar-refractivity contribution is 0.0959. The molecule has 3 N–H and O–H groups in total. The highest BCUT2D eigenvalue weighted by atomic mass is 19.1. The highest BCUT2D eigenvalue weighted by molar-refractivity contribution is 5.94. The van der Waals surface area contributed by atoms with E-state index in [9.17, 15) is 9.18 Å². The van der Waals surface area contributed by atoms with Crippen LogP contribution in [0.5, 0.6) is 0 Å². The van der Waals surface area contributed by atoms with Crippen LogP contribution in [0.1, 0.15) is 21.5 Å². The molecular weight excluding hydrogens is 245 g/mol. The fraction of sp³-hybridized carbons (Fsp3) is 0.500. The van der Waals surface area contributed by atoms with E-state index in [0.717, 1.165) is 5.56 Å². The van der Waals surface area contributed by atoms with Crippen molar-refractivity contribution in [2.24, 2.45) is 5.73 Å². The van der Waals surface area contributed by atoms with E-state index < -0.39 is 11.7 Å². The quantitative estimate of drug-likeness (QED) is 0.834. The number of likely N-dealkylation sites (N-methyl/N-ethyl adjacent to an activating group) is 1. The first-order valence-corrected chi connectivity index (χ1v) is 6.28. The average molecular weight is 267 g/mol. The first-order chi connectivity index (χ1) is 8.92. The number of nitrogens with two attached hydrogens (primary N) is 1. The third-order valence-electron chi connectivity index (χ3n) is 3.43. The predicted octanol–water partition coefficient (Wildman–Crippen LogP) is 0.925. The zero-order chi connectivity index (χ0) is 14.6. The van der Waals surface area contributed by atoms with Gasteiger partial charge in [0.15, 0.2) is 0 Å². The van der Waals surface area contributed by atoms with E-state index in [4.69, 9.17) is 5.73 Å². The highest BCUT2D eigenvalue weighted by Gasteiger charge is 2.17. The van der Waals surface area contributed by atoms with Crippen LogP contribution in [-0.4, -0.2) is 44.5 Å². The van der Waals surface area contributed by atoms with Crippen LogP contribution in [0.15, 0.2) is 12.1 Å². The molecule has 0 aromatic heterocycles. The maximum Gasteiger partial charge on any atom is 0.254 e. The van der Waals surface area contributed by atoms with E-state index in [1.807, 2.05) is 19.0 Å². The van der Waals surface area contributed by atoms with Crippen LogP contribution in [0.25, 0.3) is 0 Å². The molecule has 0 bridgehead atoms. The fourth-order valence-electron chi connectivity index (χ4n) is 1.99. The maximum absolute atomic E-state index is 14.1. The standard InChI is InChI=1S/C14H22FN3O/c1-9-10(7-11(8-16)18(3)4)5-6-12(13(9)15)14(19)17-2/h5-6,11H,7-8,16H2,1-4H3,(H,17,19). The molecule has 5 heteroatoms. The van der Waals surface area contributed by atoms with Gasteiger partial charge < -0.3 is 16.0 Å². The number of carbonyl (C=O) groups is 1. The minimum Gasteiger partial charge on any atom is -0.355 e. The molecule has 0 saturated heterocycles. The molecule has 0 aliphatic heterocycles. The van der Waals surface area contributed by atoms with Crippen molar-refractivity contribution in [3.05, 3.63) is 34.6 Å². The maximum atomic E-state index is 14.1. The molecule has 4 nitrogen and oxygen atoms in total. The minimum atomic E-state index is -0.452. The molecule has 1 unspecified atom stereocenters. The van der Waals surface area contributed by atoms with E-state index in [1.165, 1.54) is 13.1 Å². The Labute approximate surface area is 113 Å². The summed E-state index contributed by atoms with van der Waals surface area (Å²) in [6.45, 7) is 2.20. The van der Waals surface area contributed by atoms with Gasteiger partial charge >= 0.3 is 0 Å². The topological polar surface area (TPSA) is 58.4 Å². The molecule has 1 amide bonds. The van der Waals surface area contributed by atoms with Crippen LogP contribution in [0.2, 0.25) is 0 Å². The molecule has 0 spiro atoms. The molecule has 106 valence electrons. The molecule has 1 rings (SSSR count). The zero-order valence-corrected chi connectivity index (χ0v) is 12.0. The molecule has 19 heavy (non-hydrogen) atoms. The smallest absolute Gasteiger partial charge is 0.254 e. The summed E-state index contributed by atoms with van der Waals surface area (Å²) >= 11 is 0. The molecule has 1 atom stereocenters. The number of carbonyl (C=O) groups excluding carboxylic acids is 1. The molecule has 0 heterocycles. The van der Waals surface area contributed by atoms with Crippen molar-refractivity contribution in [1.82, 2.24) is 10.2 Å². The molecule has 0 saturated carbocycles. The van der Waals surface area contributed by atoms with Gasteiger partial charge in [-0.05, 0) is 44.6 Å². The Morgan fingerprint density at radius 3 is 2.58 bits per heavy atom. The average Bonchev–Trinajstić information content (AvgIpc) is 2.39. The van der Waals surface area contributed by atoms with Gasteiger partial charge in [-0.2, -0.15) is 0 Å². The van der Waals surface area contributed by atoms with Crippen LogP contribution in [0.4, 0.5) is 4.39 Å². The van der Waals surface area contributed by atoms with Crippen LogP contribution in [0, 0.1) is 12.7 Å². The lowest BCUT2D eigenvalue weighted by Crippen LogP contribution is -2.37. The third-order valence-corrected chi connectivity index (χ3v) is 3.43. The van der Waals surface area contributed by atoms with Gasteiger partial charge in [-0.3, -0.25) is 4.79 Å². The Hall–Kier alpha value is -1.46. The number of nitrogens with one attached hydrogen (secondary N) is 1. The van der Waals surface area contributed by atoms with Gasteiger partial charge in [-0.1, -0.05) is 6.07 Å². The Bertz CT molecular complexity index is 460. The van der Waals surface area contributed by atoms with Gasteiger partial charge in [0.1, 0.15) is 5.82 Å². The van der Waals surface area contributed by atoms with E-state index in [1.54, 1.807) is 13.0 Å². The van der Waals surface area contributed by atoms with Gasteiger partial charge in [0.05, 0.1) is 5.56 Å². The second kappa shape index (κ2) is 6.63. The van der Waals surface area contributed by atoms with Crippen LogP contribution in [-0.2, 0) is 6.42 Å². The Morgan fingerprint density at radius 1 is 1.47 bits per heavy atom. The van der Waals surface area contributed by atoms with Crippen molar-refractivity contribution in [2.75, 3.05) is 27.7 Å². The van der Waals surface area contributed by atoms with E-state index in [2.05, 4.69) is 5.32 Å². The molecule has 0 fully saturated rings. The number of halogens is 1. The number of hydrogen-bond acceptors (Lipinski definition) is 3. The Balaban J connectivity index is 3.06. The van der Waals surface area contributed by atoms with Gasteiger partial charge in [0.25, 0.3) is 5.91 Å². The van der Waals surface area contributed by atoms with E-state index >= 15 is 0 Å². The summed E-state index contributed by atoms with van der Waals surface area (Å²) in [6.07, 6.45) is 0.667. The monoisotopic (exact) mass is 267 g/mol. The molecule has 0 aliphatic rings. The number of nitrogens with zero attached hydrogens (tertiary/aromatic N) is 1. The van der Waals surface area contributed by atoms with Crippen molar-refractivity contribution in [3.8, 4) is 0 Å². The number of benzene rings is 1. The molecule has 0 aliphatic carbocycles. The Morgan fingerprint density at radius 2 is 2.11 bits per heavy atom. The van der Waals surface area contributed by atoms with Gasteiger partial charge in [0.2, 0.25) is 0 Å². The Kier molecular flexibility index (Phi) is 5.44. The van der Waals surface area contributed by atoms with Crippen molar-refractivity contribution < 1.29 is 9.18 Å². The lowest BCUT2D eigenvalue weighted by Gasteiger charge is -2.23. The summed E-state index contributed by atoms with van der Waals surface area (Å²) in [4.78, 5) is 13.5. The van der Waals surface area contributed by atoms with E-state index in [0.29, 0.717) is 18.5 Å². The summed E-state index contributed by atoms with van der Waals surface area (Å²) in [6, 6.07) is 3.48. The second-order valence-corrected chi connectivity index (χ2v) is 4.85. The van der Waals surface area contributed by atoms with Crippen LogP contribution >= 0.6 is 0 Å². The summed E-state index contributed by atoms with van der Waals surface area (Å²) in [5.74, 6) is -0.860. The molecule has 1 aromatic carbocycles. The van der Waals surface area contributed by atoms with Gasteiger partial charge in [0, 0.05) is 19.6 Å². The van der Waals surface area contributed by atoms with Crippen molar-refractivity contribution in [3.63, 3.8) is 0 Å². The summed E-state index contributed by atoms with van der Waals surface area (Å²) in [5.41, 5.74) is 7.19. The second-order valence-electron chi connectivity index (χ2n) is 4.85. The van der Waals surface area contributed by atoms with Crippen LogP contribution in [0.3, 0.4) is 0 Å². The zero-order valence-electron chi connectivity index (χ0n) is 12.0. The lowest BCUT2D eigenvalue weighted by atomic mass is 9.97. The molecule has 1 aromatic rings. The highest BCUT2D eigenvalue weighted by Crippen LogP contribution is 2.19. The molecular formula is C14H22FN3O. The van der Waals surface area contributed by atoms with Crippen LogP contribution < -0.4 is 11.1 Å². The largest absolute Gasteiger partial charge is 0.355 e. The number of hydrogen-bond donors (Lipinski definition) is 2. The summed E-state index contributed by atoms with van der Waals surface area (Å²) in [5, 5.41) is 2.43. The number of rotatable bonds is 5. The summed E-state index contributed by atoms with van der Waals surface area (Å²) < 4.78 is 14.1. The van der Waals surface area contributed by atoms with Crippen molar-refractivity contribution in [1.29, 1.82) is 0 Å². The van der Waals surface area contributed by atoms with Crippen molar-refractivity contribution >= 4 is 5.91 Å². The number of amides is 1. The van der Waals surface area contributed by atoms with Gasteiger partial charge in [-0.15, -0.1) is 0 Å². The predicted molar refractivity (Wildman–Crippen MR) is 74.8 cm³/mol. The summed E-state index contributed by atoms with van der Waals surface area (Å²) in [7, 11) is 5.38.